The molecule has 0 radical (unpaired) electrons. The number of rotatable bonds is 12. The van der Waals surface area contributed by atoms with E-state index in [0.717, 1.165) is 42.8 Å². The van der Waals surface area contributed by atoms with Gasteiger partial charge in [0.2, 0.25) is 0 Å². The molecule has 2 aliphatic rings. The first kappa shape index (κ1) is 29.2. The summed E-state index contributed by atoms with van der Waals surface area (Å²) in [4.78, 5) is 47.9. The van der Waals surface area contributed by atoms with E-state index in [2.05, 4.69) is 5.32 Å². The molecule has 8 nitrogen and oxygen atoms in total. The van der Waals surface area contributed by atoms with Crippen molar-refractivity contribution >= 4 is 35.6 Å². The first-order valence-corrected chi connectivity index (χ1v) is 14.4. The van der Waals surface area contributed by atoms with Crippen LogP contribution in [0.15, 0.2) is 12.2 Å². The van der Waals surface area contributed by atoms with Gasteiger partial charge in [-0.3, -0.25) is 19.3 Å². The van der Waals surface area contributed by atoms with Crippen LogP contribution in [0.2, 0.25) is 0 Å². The van der Waals surface area contributed by atoms with Crippen molar-refractivity contribution < 1.29 is 28.7 Å². The molecule has 198 valence electrons. The van der Waals surface area contributed by atoms with Gasteiger partial charge < -0.3 is 14.8 Å². The summed E-state index contributed by atoms with van der Waals surface area (Å²) < 4.78 is 10.9. The second-order valence-corrected chi connectivity index (χ2v) is 10.4. The van der Waals surface area contributed by atoms with Crippen LogP contribution in [0.4, 0.5) is 4.79 Å². The molecule has 0 aromatic carbocycles. The second kappa shape index (κ2) is 18.3. The maximum atomic E-state index is 12.2. The minimum absolute atomic E-state index is 0.0338. The Morgan fingerprint density at radius 2 is 1.49 bits per heavy atom. The zero-order valence-electron chi connectivity index (χ0n) is 21.0. The largest absolute Gasteiger partial charge is 0.465 e. The van der Waals surface area contributed by atoms with E-state index in [9.17, 15) is 19.2 Å². The van der Waals surface area contributed by atoms with Crippen molar-refractivity contribution in [3.63, 3.8) is 0 Å². The lowest BCUT2D eigenvalue weighted by Gasteiger charge is -2.19. The average molecular weight is 511 g/mol. The molecule has 0 aromatic rings. The van der Waals surface area contributed by atoms with Crippen LogP contribution in [-0.4, -0.2) is 66.1 Å². The summed E-state index contributed by atoms with van der Waals surface area (Å²) >= 11 is 1.67. The predicted octanol–water partition coefficient (Wildman–Crippen LogP) is 4.76. The van der Waals surface area contributed by atoms with E-state index in [1.54, 1.807) is 11.8 Å². The van der Waals surface area contributed by atoms with Gasteiger partial charge in [0, 0.05) is 37.4 Å². The number of nitrogens with zero attached hydrogens (tertiary/aromatic N) is 1. The van der Waals surface area contributed by atoms with E-state index in [4.69, 9.17) is 9.47 Å². The van der Waals surface area contributed by atoms with Crippen LogP contribution in [0, 0.1) is 0 Å². The van der Waals surface area contributed by atoms with E-state index in [-0.39, 0.29) is 42.9 Å². The Labute approximate surface area is 213 Å². The maximum Gasteiger partial charge on any atom is 0.407 e. The number of thioether (sulfide) groups is 1. The molecule has 0 spiro atoms. The molecule has 1 saturated carbocycles. The quantitative estimate of drug-likeness (QED) is 0.229. The number of amides is 3. The van der Waals surface area contributed by atoms with Crippen LogP contribution in [0.1, 0.15) is 89.9 Å². The highest BCUT2D eigenvalue weighted by atomic mass is 32.2. The van der Waals surface area contributed by atoms with E-state index in [1.807, 2.05) is 0 Å². The molecule has 0 atom stereocenters. The molecule has 1 fully saturated rings. The minimum Gasteiger partial charge on any atom is -0.465 e. The molecule has 1 aliphatic carbocycles. The van der Waals surface area contributed by atoms with Crippen molar-refractivity contribution in [2.75, 3.05) is 31.2 Å². The lowest BCUT2D eigenvalue weighted by molar-refractivity contribution is -0.144. The van der Waals surface area contributed by atoms with Crippen molar-refractivity contribution in [3.8, 4) is 0 Å². The van der Waals surface area contributed by atoms with Crippen molar-refractivity contribution in [2.45, 2.75) is 96.0 Å². The summed E-state index contributed by atoms with van der Waals surface area (Å²) in [6.07, 6.45) is 16.8. The van der Waals surface area contributed by atoms with Gasteiger partial charge in [0.1, 0.15) is 12.7 Å². The number of carbonyl (C=O) groups is 4. The van der Waals surface area contributed by atoms with Crippen molar-refractivity contribution in [2.24, 2.45) is 0 Å². The lowest BCUT2D eigenvalue weighted by atomic mass is 9.99. The number of hydrogen-bond acceptors (Lipinski definition) is 7. The molecule has 0 saturated heterocycles. The molecule has 1 aliphatic heterocycles. The fraction of sp³-hybridized carbons (Fsp3) is 0.769. The van der Waals surface area contributed by atoms with E-state index in [0.29, 0.717) is 25.3 Å². The number of ether oxygens (including phenoxy) is 2. The first-order valence-electron chi connectivity index (χ1n) is 13.3. The summed E-state index contributed by atoms with van der Waals surface area (Å²) in [5.74, 6) is 0.546. The van der Waals surface area contributed by atoms with E-state index in [1.165, 1.54) is 57.1 Å². The Kier molecular flexibility index (Phi) is 15.2. The van der Waals surface area contributed by atoms with E-state index < -0.39 is 0 Å². The normalized spacial score (nSPS) is 18.1. The highest BCUT2D eigenvalue weighted by Crippen LogP contribution is 2.19. The molecular formula is C26H42N2O6S. The fourth-order valence-corrected chi connectivity index (χ4v) is 4.98. The predicted molar refractivity (Wildman–Crippen MR) is 137 cm³/mol. The van der Waals surface area contributed by atoms with Gasteiger partial charge in [-0.2, -0.15) is 11.8 Å². The smallest absolute Gasteiger partial charge is 0.407 e. The summed E-state index contributed by atoms with van der Waals surface area (Å²) in [5, 5.41) is 2.86. The monoisotopic (exact) mass is 510 g/mol. The Bertz CT molecular complexity index is 669. The Hall–Kier alpha value is -2.03. The third-order valence-electron chi connectivity index (χ3n) is 6.21. The zero-order valence-corrected chi connectivity index (χ0v) is 21.8. The van der Waals surface area contributed by atoms with Crippen LogP contribution in [0.5, 0.6) is 0 Å². The van der Waals surface area contributed by atoms with Gasteiger partial charge in [0.25, 0.3) is 11.8 Å². The number of imide groups is 1. The van der Waals surface area contributed by atoms with Crippen molar-refractivity contribution in [3.05, 3.63) is 12.2 Å². The van der Waals surface area contributed by atoms with Crippen LogP contribution in [0.3, 0.4) is 0 Å². The van der Waals surface area contributed by atoms with Gasteiger partial charge in [-0.15, -0.1) is 0 Å². The van der Waals surface area contributed by atoms with Crippen LogP contribution in [0.25, 0.3) is 0 Å². The first-order chi connectivity index (χ1) is 17.1. The topological polar surface area (TPSA) is 102 Å². The molecular weight excluding hydrogens is 468 g/mol. The molecule has 0 bridgehead atoms. The maximum absolute atomic E-state index is 12.2. The SMILES string of the molecule is O=C(CCCN1C(=O)C=CC1=O)OCCSCCCNC(=O)OC1CCCCCCCCCCC1. The molecule has 1 heterocycles. The van der Waals surface area contributed by atoms with Gasteiger partial charge in [0.05, 0.1) is 0 Å². The second-order valence-electron chi connectivity index (χ2n) is 9.16. The standard InChI is InChI=1S/C26H42N2O6S/c29-23-15-16-24(30)28(23)18-10-14-25(31)33-19-21-35-20-11-17-27-26(32)34-22-12-8-6-4-2-1-3-5-7-9-13-22/h15-16,22H,1-14,17-21H2,(H,27,32). The molecule has 35 heavy (non-hydrogen) atoms. The van der Waals surface area contributed by atoms with Crippen LogP contribution in [-0.2, 0) is 23.9 Å². The summed E-state index contributed by atoms with van der Waals surface area (Å²) in [7, 11) is 0. The van der Waals surface area contributed by atoms with Crippen LogP contribution < -0.4 is 5.32 Å². The number of esters is 1. The highest BCUT2D eigenvalue weighted by Gasteiger charge is 2.22. The van der Waals surface area contributed by atoms with Gasteiger partial charge >= 0.3 is 12.1 Å². The van der Waals surface area contributed by atoms with Crippen molar-refractivity contribution in [1.29, 1.82) is 0 Å². The highest BCUT2D eigenvalue weighted by molar-refractivity contribution is 7.99. The fourth-order valence-electron chi connectivity index (χ4n) is 4.22. The van der Waals surface area contributed by atoms with Crippen LogP contribution >= 0.6 is 11.8 Å². The summed E-state index contributed by atoms with van der Waals surface area (Å²) in [5.41, 5.74) is 0. The van der Waals surface area contributed by atoms with Gasteiger partial charge in [-0.25, -0.2) is 4.79 Å². The Morgan fingerprint density at radius 3 is 2.11 bits per heavy atom. The molecule has 0 aromatic heterocycles. The minimum atomic E-state index is -0.334. The summed E-state index contributed by atoms with van der Waals surface area (Å²) in [6, 6.07) is 0. The molecule has 0 unspecified atom stereocenters. The number of nitrogens with one attached hydrogen (secondary N) is 1. The van der Waals surface area contributed by atoms with Gasteiger partial charge in [-0.05, 0) is 44.3 Å². The third-order valence-corrected chi connectivity index (χ3v) is 7.25. The number of hydrogen-bond donors (Lipinski definition) is 1. The number of alkyl carbamates (subject to hydrolysis) is 1. The molecule has 1 N–H and O–H groups in total. The summed E-state index contributed by atoms with van der Waals surface area (Å²) in [6.45, 7) is 1.12. The molecule has 3 amide bonds. The van der Waals surface area contributed by atoms with Crippen molar-refractivity contribution in [1.82, 2.24) is 10.2 Å². The Morgan fingerprint density at radius 1 is 0.886 bits per heavy atom. The molecule has 2 rings (SSSR count). The van der Waals surface area contributed by atoms with E-state index >= 15 is 0 Å². The Balaban J connectivity index is 1.42. The lowest BCUT2D eigenvalue weighted by Crippen LogP contribution is -2.31. The average Bonchev–Trinajstić information content (AvgIpc) is 3.14. The van der Waals surface area contributed by atoms with Gasteiger partial charge in [0.15, 0.2) is 0 Å². The zero-order chi connectivity index (χ0) is 25.1. The molecule has 9 heteroatoms. The number of carbonyl (C=O) groups excluding carboxylic acids is 4. The third kappa shape index (κ3) is 13.6. The van der Waals surface area contributed by atoms with Gasteiger partial charge in [-0.1, -0.05) is 44.9 Å².